The summed E-state index contributed by atoms with van der Waals surface area (Å²) in [6, 6.07) is -4.24. The Morgan fingerprint density at radius 3 is 1.58 bits per heavy atom. The monoisotopic (exact) mass is 308 g/mol. The second kappa shape index (κ2) is 4.82. The topological polar surface area (TPSA) is 17.1 Å². The van der Waals surface area contributed by atoms with Crippen LogP contribution in [0.3, 0.4) is 0 Å². The molecule has 0 fully saturated rings. The van der Waals surface area contributed by atoms with Gasteiger partial charge in [-0.3, -0.25) is 4.79 Å². The zero-order valence-corrected chi connectivity index (χ0v) is 8.97. The van der Waals surface area contributed by atoms with Crippen molar-refractivity contribution in [1.29, 1.82) is 0 Å². The fraction of sp³-hybridized carbons (Fsp3) is 0.875. The van der Waals surface area contributed by atoms with E-state index in [1.165, 1.54) is 0 Å². The molecule has 1 atom stereocenters. The third-order valence-corrected chi connectivity index (χ3v) is 2.21. The minimum atomic E-state index is -7.10. The Morgan fingerprint density at radius 2 is 1.32 bits per heavy atom. The molecule has 114 valence electrons. The quantitative estimate of drug-likeness (QED) is 0.539. The Morgan fingerprint density at radius 1 is 0.947 bits per heavy atom. The molecular formula is C8H6F10O. The SMILES string of the molecule is CCC(F)C(F)(F)C(F)(F)C(F)(F)C(F)(F)C(=O)F. The molecule has 0 saturated carbocycles. The first-order chi connectivity index (χ1) is 8.17. The maximum absolute atomic E-state index is 12.7. The first kappa shape index (κ1) is 18.0. The van der Waals surface area contributed by atoms with Gasteiger partial charge in [0.05, 0.1) is 0 Å². The molecule has 0 amide bonds. The summed E-state index contributed by atoms with van der Waals surface area (Å²) in [7, 11) is 0. The molecule has 11 heteroatoms. The molecule has 0 rings (SSSR count). The Hall–Kier alpha value is -1.03. The predicted octanol–water partition coefficient (Wildman–Crippen LogP) is 3.77. The lowest BCUT2D eigenvalue weighted by atomic mass is 9.95. The number of halogens is 10. The Balaban J connectivity index is 5.83. The van der Waals surface area contributed by atoms with E-state index in [-0.39, 0.29) is 0 Å². The van der Waals surface area contributed by atoms with Gasteiger partial charge in [-0.25, -0.2) is 4.39 Å². The van der Waals surface area contributed by atoms with Gasteiger partial charge in [-0.15, -0.1) is 0 Å². The van der Waals surface area contributed by atoms with E-state index in [9.17, 15) is 48.7 Å². The summed E-state index contributed by atoms with van der Waals surface area (Å²) in [4.78, 5) is 9.56. The summed E-state index contributed by atoms with van der Waals surface area (Å²) >= 11 is 0. The summed E-state index contributed by atoms with van der Waals surface area (Å²) in [5, 5.41) is 0. The molecule has 0 aromatic carbocycles. The van der Waals surface area contributed by atoms with Crippen molar-refractivity contribution in [2.24, 2.45) is 0 Å². The average Bonchev–Trinajstić information content (AvgIpc) is 2.26. The summed E-state index contributed by atoms with van der Waals surface area (Å²) in [5.41, 5.74) is 0. The minimum absolute atomic E-state index is 0.561. The van der Waals surface area contributed by atoms with E-state index in [2.05, 4.69) is 0 Å². The number of carbonyl (C=O) groups is 1. The van der Waals surface area contributed by atoms with E-state index in [1.54, 1.807) is 0 Å². The number of rotatable bonds is 6. The summed E-state index contributed by atoms with van der Waals surface area (Å²) in [6.45, 7) is 0.561. The van der Waals surface area contributed by atoms with Crippen LogP contribution in [0.2, 0.25) is 0 Å². The van der Waals surface area contributed by atoms with Crippen molar-refractivity contribution in [2.45, 2.75) is 43.2 Å². The molecule has 0 aliphatic carbocycles. The van der Waals surface area contributed by atoms with Crippen molar-refractivity contribution in [2.75, 3.05) is 0 Å². The second-order valence-electron chi connectivity index (χ2n) is 3.50. The Bertz CT molecular complexity index is 349. The van der Waals surface area contributed by atoms with Gasteiger partial charge in [-0.05, 0) is 6.42 Å². The highest BCUT2D eigenvalue weighted by Crippen LogP contribution is 2.54. The second-order valence-corrected chi connectivity index (χ2v) is 3.50. The largest absolute Gasteiger partial charge is 0.404 e. The number of alkyl halides is 9. The maximum atomic E-state index is 12.7. The highest BCUT2D eigenvalue weighted by molar-refractivity contribution is 5.78. The van der Waals surface area contributed by atoms with Gasteiger partial charge in [0, 0.05) is 0 Å². The van der Waals surface area contributed by atoms with Crippen molar-refractivity contribution in [3.63, 3.8) is 0 Å². The molecule has 0 radical (unpaired) electrons. The van der Waals surface area contributed by atoms with Gasteiger partial charge in [-0.1, -0.05) is 6.92 Å². The van der Waals surface area contributed by atoms with Crippen LogP contribution in [0.1, 0.15) is 13.3 Å². The van der Waals surface area contributed by atoms with Crippen molar-refractivity contribution in [3.8, 4) is 0 Å². The van der Waals surface area contributed by atoms with Gasteiger partial charge in [0.2, 0.25) is 0 Å². The van der Waals surface area contributed by atoms with Crippen molar-refractivity contribution >= 4 is 6.04 Å². The van der Waals surface area contributed by atoms with Gasteiger partial charge in [0.1, 0.15) is 0 Å². The van der Waals surface area contributed by atoms with Gasteiger partial charge in [-0.2, -0.15) is 39.5 Å². The highest BCUT2D eigenvalue weighted by atomic mass is 19.4. The standard InChI is InChI=1S/C8H6F10O/c1-2-3(9)5(11,12)7(15,16)8(17,18)6(13,14)4(10)19/h3H,2H2,1H3. The number of carbonyl (C=O) groups excluding carboxylic acids is 1. The fourth-order valence-electron chi connectivity index (χ4n) is 0.983. The van der Waals surface area contributed by atoms with E-state index < -0.39 is 42.3 Å². The number of hydrogen-bond acceptors (Lipinski definition) is 1. The van der Waals surface area contributed by atoms with E-state index in [1.807, 2.05) is 0 Å². The third-order valence-electron chi connectivity index (χ3n) is 2.21. The van der Waals surface area contributed by atoms with Crippen LogP contribution in [0.25, 0.3) is 0 Å². The van der Waals surface area contributed by atoms with Crippen molar-refractivity contribution in [1.82, 2.24) is 0 Å². The Kier molecular flexibility index (Phi) is 4.56. The molecule has 0 N–H and O–H groups in total. The first-order valence-electron chi connectivity index (χ1n) is 4.53. The van der Waals surface area contributed by atoms with Crippen LogP contribution < -0.4 is 0 Å². The van der Waals surface area contributed by atoms with Gasteiger partial charge >= 0.3 is 29.7 Å². The highest BCUT2D eigenvalue weighted by Gasteiger charge is 2.84. The molecular weight excluding hydrogens is 302 g/mol. The molecule has 0 heterocycles. The lowest BCUT2D eigenvalue weighted by molar-refractivity contribution is -0.368. The minimum Gasteiger partial charge on any atom is -0.254 e. The fourth-order valence-corrected chi connectivity index (χ4v) is 0.983. The molecule has 0 spiro atoms. The van der Waals surface area contributed by atoms with Crippen molar-refractivity contribution in [3.05, 3.63) is 0 Å². The molecule has 0 aliphatic heterocycles. The van der Waals surface area contributed by atoms with E-state index in [4.69, 9.17) is 0 Å². The van der Waals surface area contributed by atoms with Crippen LogP contribution >= 0.6 is 0 Å². The lowest BCUT2D eigenvalue weighted by Crippen LogP contribution is -2.66. The van der Waals surface area contributed by atoms with Gasteiger partial charge < -0.3 is 0 Å². The van der Waals surface area contributed by atoms with Gasteiger partial charge in [0.25, 0.3) is 0 Å². The first-order valence-corrected chi connectivity index (χ1v) is 4.53. The normalized spacial score (nSPS) is 16.4. The van der Waals surface area contributed by atoms with E-state index in [0.29, 0.717) is 6.92 Å². The molecule has 1 nitrogen and oxygen atoms in total. The molecule has 0 aromatic rings. The molecule has 0 aliphatic rings. The van der Waals surface area contributed by atoms with E-state index >= 15 is 0 Å². The van der Waals surface area contributed by atoms with E-state index in [0.717, 1.165) is 0 Å². The van der Waals surface area contributed by atoms with Crippen molar-refractivity contribution < 1.29 is 48.7 Å². The Labute approximate surface area is 99.1 Å². The van der Waals surface area contributed by atoms with Crippen LogP contribution in [-0.2, 0) is 4.79 Å². The molecule has 0 bridgehead atoms. The van der Waals surface area contributed by atoms with Crippen LogP contribution in [0.4, 0.5) is 43.9 Å². The molecule has 0 saturated heterocycles. The zero-order valence-electron chi connectivity index (χ0n) is 8.97. The number of hydrogen-bond donors (Lipinski definition) is 0. The van der Waals surface area contributed by atoms with Crippen LogP contribution in [0.5, 0.6) is 0 Å². The molecule has 19 heavy (non-hydrogen) atoms. The van der Waals surface area contributed by atoms with Crippen LogP contribution in [0, 0.1) is 0 Å². The summed E-state index contributed by atoms with van der Waals surface area (Å²) < 4.78 is 125. The summed E-state index contributed by atoms with van der Waals surface area (Å²) in [6.07, 6.45) is -5.28. The van der Waals surface area contributed by atoms with Crippen LogP contribution in [0.15, 0.2) is 0 Å². The van der Waals surface area contributed by atoms with Crippen LogP contribution in [-0.4, -0.2) is 35.9 Å². The third kappa shape index (κ3) is 2.38. The van der Waals surface area contributed by atoms with Gasteiger partial charge in [0.15, 0.2) is 6.17 Å². The predicted molar refractivity (Wildman–Crippen MR) is 41.1 cm³/mol. The molecule has 1 unspecified atom stereocenters. The smallest absolute Gasteiger partial charge is 0.254 e. The molecule has 0 aromatic heterocycles. The maximum Gasteiger partial charge on any atom is 0.404 e. The zero-order chi connectivity index (χ0) is 15.9. The lowest BCUT2D eigenvalue weighted by Gasteiger charge is -2.36. The summed E-state index contributed by atoms with van der Waals surface area (Å²) in [5.74, 6) is -27.0. The average molecular weight is 308 g/mol.